The molecule has 0 unspecified atom stereocenters. The molecule has 3 amide bonds. The Bertz CT molecular complexity index is 1600. The molecule has 1 N–H and O–H groups in total. The van der Waals surface area contributed by atoms with Crippen molar-refractivity contribution in [2.45, 2.75) is 117 Å². The van der Waals surface area contributed by atoms with Crippen LogP contribution in [-0.2, 0) is 47.7 Å². The van der Waals surface area contributed by atoms with Crippen molar-refractivity contribution in [1.29, 1.82) is 0 Å². The Morgan fingerprint density at radius 3 is 2.16 bits per heavy atom. The molecule has 0 aliphatic carbocycles. The smallest absolute Gasteiger partial charge is 0.410 e. The van der Waals surface area contributed by atoms with Crippen LogP contribution in [0.5, 0.6) is 0 Å². The SMILES string of the molecule is C=CC(=O)OCC(C)(C)C(=O)C(=O)N1CCCC[C@H]1C(=O)O[C@H](CCN1CCN(C(=O)OC(C)(C)C)CC1)c1cccc(NC(=O)CCC(=O)OC(C)(C)C)c1. The van der Waals surface area contributed by atoms with Gasteiger partial charge in [-0.3, -0.25) is 24.1 Å². The second-order valence-electron chi connectivity index (χ2n) is 16.8. The van der Waals surface area contributed by atoms with Gasteiger partial charge in [-0.15, -0.1) is 0 Å². The summed E-state index contributed by atoms with van der Waals surface area (Å²) in [5.41, 5.74) is -1.61. The molecule has 2 fully saturated rings. The molecule has 0 aromatic heterocycles. The quantitative estimate of drug-likeness (QED) is 0.109. The Kier molecular flexibility index (Phi) is 16.2. The number of hydrogen-bond donors (Lipinski definition) is 1. The number of carbonyl (C=O) groups excluding carboxylic acids is 7. The van der Waals surface area contributed by atoms with E-state index in [1.807, 2.05) is 20.8 Å². The number of piperazine rings is 1. The van der Waals surface area contributed by atoms with Gasteiger partial charge in [-0.1, -0.05) is 18.7 Å². The average Bonchev–Trinajstić information content (AvgIpc) is 3.12. The fourth-order valence-electron chi connectivity index (χ4n) is 6.16. The molecule has 2 aliphatic heterocycles. The van der Waals surface area contributed by atoms with Crippen molar-refractivity contribution in [1.82, 2.24) is 14.7 Å². The van der Waals surface area contributed by atoms with Crippen LogP contribution in [0.1, 0.15) is 106 Å². The van der Waals surface area contributed by atoms with E-state index < -0.39 is 64.3 Å². The highest BCUT2D eigenvalue weighted by Crippen LogP contribution is 2.29. The van der Waals surface area contributed by atoms with Crippen LogP contribution in [0, 0.1) is 5.41 Å². The summed E-state index contributed by atoms with van der Waals surface area (Å²) in [7, 11) is 0. The third kappa shape index (κ3) is 14.7. The normalized spacial score (nSPS) is 17.2. The van der Waals surface area contributed by atoms with Gasteiger partial charge in [0.15, 0.2) is 0 Å². The largest absolute Gasteiger partial charge is 0.461 e. The third-order valence-electron chi connectivity index (χ3n) is 9.09. The standard InChI is InChI=1S/C41H60N4O11/c1-10-33(47)53-27-41(8,9)35(49)36(50)45-20-12-11-16-30(45)37(51)54-31(19-21-43-22-24-44(25-23-43)38(52)56-40(5,6)7)28-14-13-15-29(26-28)42-32(46)17-18-34(48)55-39(2,3)4/h10,13-15,26,30-31H,1,11-12,16-25,27H2,2-9H3,(H,42,46)/t30-,31+/m0/s1. The molecule has 310 valence electrons. The molecular weight excluding hydrogens is 724 g/mol. The molecule has 3 rings (SSSR count). The van der Waals surface area contributed by atoms with Gasteiger partial charge >= 0.3 is 24.0 Å². The lowest BCUT2D eigenvalue weighted by Crippen LogP contribution is -2.54. The number of piperidine rings is 1. The van der Waals surface area contributed by atoms with Crippen molar-refractivity contribution >= 4 is 47.3 Å². The van der Waals surface area contributed by atoms with Gasteiger partial charge in [0.25, 0.3) is 5.91 Å². The number of nitrogens with zero attached hydrogens (tertiary/aromatic N) is 3. The van der Waals surface area contributed by atoms with Gasteiger partial charge in [-0.25, -0.2) is 14.4 Å². The first-order valence-electron chi connectivity index (χ1n) is 19.3. The fraction of sp³-hybridized carbons (Fsp3) is 0.634. The highest BCUT2D eigenvalue weighted by atomic mass is 16.6. The first-order chi connectivity index (χ1) is 26.1. The monoisotopic (exact) mass is 784 g/mol. The average molecular weight is 785 g/mol. The number of rotatable bonds is 15. The highest BCUT2D eigenvalue weighted by molar-refractivity contribution is 6.38. The van der Waals surface area contributed by atoms with E-state index in [0.717, 1.165) is 6.08 Å². The Labute approximate surface area is 330 Å². The van der Waals surface area contributed by atoms with E-state index in [0.29, 0.717) is 63.2 Å². The number of esters is 3. The van der Waals surface area contributed by atoms with Gasteiger partial charge in [0.2, 0.25) is 11.7 Å². The molecule has 2 saturated heterocycles. The summed E-state index contributed by atoms with van der Waals surface area (Å²) in [4.78, 5) is 95.4. The molecule has 2 atom stereocenters. The number of Topliss-reactive ketones (excluding diaryl/α,β-unsaturated/α-hetero) is 1. The number of nitrogens with one attached hydrogen (secondary N) is 1. The van der Waals surface area contributed by atoms with E-state index in [1.165, 1.54) is 18.7 Å². The highest BCUT2D eigenvalue weighted by Gasteiger charge is 2.42. The Morgan fingerprint density at radius 2 is 1.54 bits per heavy atom. The van der Waals surface area contributed by atoms with Crippen LogP contribution in [0.25, 0.3) is 0 Å². The molecular formula is C41H60N4O11. The van der Waals surface area contributed by atoms with Crippen LogP contribution in [0.4, 0.5) is 10.5 Å². The second-order valence-corrected chi connectivity index (χ2v) is 16.8. The van der Waals surface area contributed by atoms with Crippen molar-refractivity contribution in [3.8, 4) is 0 Å². The van der Waals surface area contributed by atoms with Crippen LogP contribution < -0.4 is 5.32 Å². The first-order valence-corrected chi connectivity index (χ1v) is 19.3. The van der Waals surface area contributed by atoms with Crippen molar-refractivity contribution in [2.75, 3.05) is 51.2 Å². The summed E-state index contributed by atoms with van der Waals surface area (Å²) < 4.78 is 22.1. The summed E-state index contributed by atoms with van der Waals surface area (Å²) in [6, 6.07) is 5.85. The number of amides is 3. The Hall–Kier alpha value is -4.79. The third-order valence-corrected chi connectivity index (χ3v) is 9.09. The molecule has 2 aliphatic rings. The molecule has 1 aromatic carbocycles. The van der Waals surface area contributed by atoms with E-state index in [-0.39, 0.29) is 38.5 Å². The maximum Gasteiger partial charge on any atom is 0.410 e. The lowest BCUT2D eigenvalue weighted by molar-refractivity contribution is -0.165. The summed E-state index contributed by atoms with van der Waals surface area (Å²) in [5.74, 6) is -3.94. The maximum atomic E-state index is 14.0. The van der Waals surface area contributed by atoms with E-state index in [2.05, 4.69) is 16.8 Å². The van der Waals surface area contributed by atoms with Crippen LogP contribution in [0.2, 0.25) is 0 Å². The van der Waals surface area contributed by atoms with Gasteiger partial charge in [-0.2, -0.15) is 0 Å². The lowest BCUT2D eigenvalue weighted by atomic mass is 9.87. The molecule has 0 bridgehead atoms. The van der Waals surface area contributed by atoms with E-state index >= 15 is 0 Å². The summed E-state index contributed by atoms with van der Waals surface area (Å²) in [6.07, 6.45) is 1.45. The Balaban J connectivity index is 1.78. The maximum absolute atomic E-state index is 14.0. The molecule has 0 spiro atoms. The zero-order chi connectivity index (χ0) is 41.8. The van der Waals surface area contributed by atoms with Crippen molar-refractivity contribution in [3.63, 3.8) is 0 Å². The van der Waals surface area contributed by atoms with Crippen LogP contribution in [0.15, 0.2) is 36.9 Å². The molecule has 56 heavy (non-hydrogen) atoms. The van der Waals surface area contributed by atoms with Crippen LogP contribution in [-0.4, -0.2) is 119 Å². The molecule has 0 saturated carbocycles. The minimum absolute atomic E-state index is 0.0927. The predicted molar refractivity (Wildman–Crippen MR) is 207 cm³/mol. The van der Waals surface area contributed by atoms with Crippen molar-refractivity contribution < 1.29 is 52.5 Å². The molecule has 0 radical (unpaired) electrons. The van der Waals surface area contributed by atoms with E-state index in [1.54, 1.807) is 49.9 Å². The topological polar surface area (TPSA) is 178 Å². The van der Waals surface area contributed by atoms with Crippen LogP contribution >= 0.6 is 0 Å². The minimum atomic E-state index is -1.35. The fourth-order valence-corrected chi connectivity index (χ4v) is 6.16. The number of carbonyl (C=O) groups is 7. The number of benzene rings is 1. The van der Waals surface area contributed by atoms with Crippen molar-refractivity contribution in [2.24, 2.45) is 5.41 Å². The minimum Gasteiger partial charge on any atom is -0.461 e. The van der Waals surface area contributed by atoms with Crippen LogP contribution in [0.3, 0.4) is 0 Å². The van der Waals surface area contributed by atoms with E-state index in [4.69, 9.17) is 18.9 Å². The number of hydrogen-bond acceptors (Lipinski definition) is 12. The molecule has 1 aromatic rings. The molecule has 15 nitrogen and oxygen atoms in total. The number of anilines is 1. The zero-order valence-electron chi connectivity index (χ0n) is 34.3. The first kappa shape index (κ1) is 45.6. The summed E-state index contributed by atoms with van der Waals surface area (Å²) in [6.45, 7) is 19.4. The predicted octanol–water partition coefficient (Wildman–Crippen LogP) is 4.98. The number of ketones is 1. The molecule has 2 heterocycles. The van der Waals surface area contributed by atoms with Gasteiger partial charge in [-0.05, 0) is 92.3 Å². The number of ether oxygens (including phenoxy) is 4. The Morgan fingerprint density at radius 1 is 0.875 bits per heavy atom. The summed E-state index contributed by atoms with van der Waals surface area (Å²) in [5, 5.41) is 2.80. The van der Waals surface area contributed by atoms with Gasteiger partial charge < -0.3 is 34.1 Å². The van der Waals surface area contributed by atoms with Crippen molar-refractivity contribution in [3.05, 3.63) is 42.5 Å². The zero-order valence-corrected chi connectivity index (χ0v) is 34.3. The van der Waals surface area contributed by atoms with Gasteiger partial charge in [0.1, 0.15) is 30.0 Å². The van der Waals surface area contributed by atoms with E-state index in [9.17, 15) is 33.6 Å². The van der Waals surface area contributed by atoms with Gasteiger partial charge in [0, 0.05) is 63.9 Å². The molecule has 15 heteroatoms. The lowest BCUT2D eigenvalue weighted by Gasteiger charge is -2.37. The second kappa shape index (κ2) is 19.9. The summed E-state index contributed by atoms with van der Waals surface area (Å²) >= 11 is 0. The van der Waals surface area contributed by atoms with Gasteiger partial charge in [0.05, 0.1) is 11.8 Å². The number of likely N-dealkylation sites (tertiary alicyclic amines) is 1.